The lowest BCUT2D eigenvalue weighted by molar-refractivity contribution is -0.123. The summed E-state index contributed by atoms with van der Waals surface area (Å²) in [4.78, 5) is 38.5. The standard InChI is InChI=1S/C18H13F2N5O3/c19-10-6-7-12(20)13(8-10)21-14(26)9-24-16-15(22-23-24)17(27)25(18(16)28)11-4-2-1-3-5-11/h1-8,15-16H,9H2,(H,21,26)/t15-,16+/m1/s1. The first-order valence-electron chi connectivity index (χ1n) is 8.31. The van der Waals surface area contributed by atoms with Gasteiger partial charge in [0.25, 0.3) is 11.8 Å². The minimum Gasteiger partial charge on any atom is -0.322 e. The van der Waals surface area contributed by atoms with Crippen molar-refractivity contribution in [2.45, 2.75) is 12.1 Å². The van der Waals surface area contributed by atoms with Gasteiger partial charge in [-0.25, -0.2) is 13.7 Å². The fourth-order valence-corrected chi connectivity index (χ4v) is 3.12. The zero-order chi connectivity index (χ0) is 19.8. The summed E-state index contributed by atoms with van der Waals surface area (Å²) in [5.74, 6) is -3.35. The number of hydrogen-bond acceptors (Lipinski definition) is 6. The van der Waals surface area contributed by atoms with E-state index >= 15 is 0 Å². The Morgan fingerprint density at radius 2 is 1.82 bits per heavy atom. The van der Waals surface area contributed by atoms with Crippen LogP contribution in [0.5, 0.6) is 0 Å². The molecule has 3 amide bonds. The molecule has 2 aromatic carbocycles. The number of carbonyl (C=O) groups is 3. The quantitative estimate of drug-likeness (QED) is 0.814. The zero-order valence-electron chi connectivity index (χ0n) is 14.3. The third kappa shape index (κ3) is 2.98. The third-order valence-corrected chi connectivity index (χ3v) is 4.38. The maximum Gasteiger partial charge on any atom is 0.263 e. The van der Waals surface area contributed by atoms with E-state index in [9.17, 15) is 23.2 Å². The van der Waals surface area contributed by atoms with E-state index in [4.69, 9.17) is 0 Å². The molecule has 4 rings (SSSR count). The Kier molecular flexibility index (Phi) is 4.30. The first-order chi connectivity index (χ1) is 13.5. The Labute approximate surface area is 157 Å². The smallest absolute Gasteiger partial charge is 0.263 e. The summed E-state index contributed by atoms with van der Waals surface area (Å²) in [5.41, 5.74) is 0.0609. The van der Waals surface area contributed by atoms with Crippen LogP contribution < -0.4 is 10.2 Å². The summed E-state index contributed by atoms with van der Waals surface area (Å²) >= 11 is 0. The highest BCUT2D eigenvalue weighted by Gasteiger charge is 2.55. The van der Waals surface area contributed by atoms with Crippen molar-refractivity contribution in [1.29, 1.82) is 0 Å². The molecule has 1 saturated heterocycles. The number of anilines is 2. The third-order valence-electron chi connectivity index (χ3n) is 4.38. The van der Waals surface area contributed by atoms with E-state index in [2.05, 4.69) is 15.7 Å². The van der Waals surface area contributed by atoms with Crippen molar-refractivity contribution in [3.05, 3.63) is 60.2 Å². The number of para-hydroxylation sites is 1. The summed E-state index contributed by atoms with van der Waals surface area (Å²) in [7, 11) is 0. The second-order valence-electron chi connectivity index (χ2n) is 6.21. The minimum absolute atomic E-state index is 0.336. The monoisotopic (exact) mass is 385 g/mol. The van der Waals surface area contributed by atoms with Gasteiger partial charge >= 0.3 is 0 Å². The second kappa shape index (κ2) is 6.80. The lowest BCUT2D eigenvalue weighted by atomic mass is 10.1. The number of fused-ring (bicyclic) bond motifs is 1. The first kappa shape index (κ1) is 17.7. The molecule has 142 valence electrons. The van der Waals surface area contributed by atoms with Crippen molar-refractivity contribution in [2.24, 2.45) is 10.3 Å². The van der Waals surface area contributed by atoms with E-state index in [1.54, 1.807) is 30.3 Å². The molecule has 28 heavy (non-hydrogen) atoms. The normalized spacial score (nSPS) is 20.6. The number of hydrogen-bond donors (Lipinski definition) is 1. The molecule has 2 heterocycles. The highest BCUT2D eigenvalue weighted by molar-refractivity contribution is 6.25. The van der Waals surface area contributed by atoms with E-state index < -0.39 is 48.0 Å². The Morgan fingerprint density at radius 3 is 2.57 bits per heavy atom. The highest BCUT2D eigenvalue weighted by Crippen LogP contribution is 2.31. The van der Waals surface area contributed by atoms with E-state index in [1.165, 1.54) is 0 Å². The second-order valence-corrected chi connectivity index (χ2v) is 6.21. The molecule has 1 N–H and O–H groups in total. The van der Waals surface area contributed by atoms with E-state index in [0.29, 0.717) is 5.69 Å². The molecule has 2 aliphatic rings. The molecule has 0 bridgehead atoms. The molecule has 0 saturated carbocycles. The van der Waals surface area contributed by atoms with Gasteiger partial charge in [-0.3, -0.25) is 19.4 Å². The van der Waals surface area contributed by atoms with Crippen LogP contribution in [0.15, 0.2) is 58.9 Å². The van der Waals surface area contributed by atoms with E-state index in [-0.39, 0.29) is 5.69 Å². The fraction of sp³-hybridized carbons (Fsp3) is 0.167. The molecule has 2 atom stereocenters. The average molecular weight is 385 g/mol. The lowest BCUT2D eigenvalue weighted by Gasteiger charge is -2.20. The van der Waals surface area contributed by atoms with E-state index in [1.807, 2.05) is 0 Å². The van der Waals surface area contributed by atoms with Crippen molar-refractivity contribution in [1.82, 2.24) is 5.01 Å². The van der Waals surface area contributed by atoms with Gasteiger partial charge in [-0.1, -0.05) is 23.4 Å². The molecule has 0 aliphatic carbocycles. The van der Waals surface area contributed by atoms with Gasteiger partial charge in [0, 0.05) is 6.07 Å². The highest BCUT2D eigenvalue weighted by atomic mass is 19.1. The molecule has 8 nitrogen and oxygen atoms in total. The predicted octanol–water partition coefficient (Wildman–Crippen LogP) is 1.90. The van der Waals surface area contributed by atoms with E-state index in [0.717, 1.165) is 28.1 Å². The van der Waals surface area contributed by atoms with Gasteiger partial charge in [-0.2, -0.15) is 5.11 Å². The van der Waals surface area contributed by atoms with Crippen molar-refractivity contribution in [2.75, 3.05) is 16.8 Å². The molecule has 2 aliphatic heterocycles. The number of rotatable bonds is 4. The Bertz CT molecular complexity index is 998. The number of nitrogens with one attached hydrogen (secondary N) is 1. The van der Waals surface area contributed by atoms with Crippen LogP contribution in [0.3, 0.4) is 0 Å². The molecule has 2 aromatic rings. The summed E-state index contributed by atoms with van der Waals surface area (Å²) in [5, 5.41) is 10.8. The zero-order valence-corrected chi connectivity index (χ0v) is 14.3. The van der Waals surface area contributed by atoms with Gasteiger partial charge < -0.3 is 5.32 Å². The van der Waals surface area contributed by atoms with Crippen molar-refractivity contribution in [3.63, 3.8) is 0 Å². The molecular weight excluding hydrogens is 372 g/mol. The number of benzene rings is 2. The largest absolute Gasteiger partial charge is 0.322 e. The van der Waals surface area contributed by atoms with Crippen LogP contribution in [0.1, 0.15) is 0 Å². The van der Waals surface area contributed by atoms with Crippen LogP contribution in [0.4, 0.5) is 20.2 Å². The number of imide groups is 1. The SMILES string of the molecule is O=C(CN1N=N[C@H]2C(=O)N(c3ccccc3)C(=O)[C@H]21)Nc1cc(F)ccc1F. The Hall–Kier alpha value is -3.69. The van der Waals surface area contributed by atoms with Crippen LogP contribution in [0.25, 0.3) is 0 Å². The lowest BCUT2D eigenvalue weighted by Crippen LogP contribution is -2.43. The number of nitrogens with zero attached hydrogens (tertiary/aromatic N) is 4. The maximum absolute atomic E-state index is 13.7. The van der Waals surface area contributed by atoms with Gasteiger partial charge in [0.2, 0.25) is 5.91 Å². The van der Waals surface area contributed by atoms with Gasteiger partial charge in [0.1, 0.15) is 18.2 Å². The van der Waals surface area contributed by atoms with Gasteiger partial charge in [0.15, 0.2) is 12.1 Å². The molecule has 0 aromatic heterocycles. The Balaban J connectivity index is 1.49. The first-order valence-corrected chi connectivity index (χ1v) is 8.31. The molecule has 0 spiro atoms. The van der Waals surface area contributed by atoms with Gasteiger partial charge in [-0.15, -0.1) is 0 Å². The fourth-order valence-electron chi connectivity index (χ4n) is 3.12. The van der Waals surface area contributed by atoms with Crippen LogP contribution in [-0.4, -0.2) is 41.4 Å². The maximum atomic E-state index is 13.7. The molecule has 0 unspecified atom stereocenters. The average Bonchev–Trinajstić information content (AvgIpc) is 3.19. The topological polar surface area (TPSA) is 94.4 Å². The molecule has 0 radical (unpaired) electrons. The van der Waals surface area contributed by atoms with Crippen LogP contribution in [0, 0.1) is 11.6 Å². The van der Waals surface area contributed by atoms with Crippen LogP contribution >= 0.6 is 0 Å². The predicted molar refractivity (Wildman–Crippen MR) is 93.1 cm³/mol. The molecule has 1 fully saturated rings. The molecular formula is C18H13F2N5O3. The number of carbonyl (C=O) groups excluding carboxylic acids is 3. The van der Waals surface area contributed by atoms with Gasteiger partial charge in [0.05, 0.1) is 11.4 Å². The minimum atomic E-state index is -1.06. The molecule has 10 heteroatoms. The van der Waals surface area contributed by atoms with Crippen molar-refractivity contribution >= 4 is 29.1 Å². The number of halogens is 2. The summed E-state index contributed by atoms with van der Waals surface area (Å²) in [6.45, 7) is -0.456. The van der Waals surface area contributed by atoms with Gasteiger partial charge in [-0.05, 0) is 24.3 Å². The van der Waals surface area contributed by atoms with Crippen molar-refractivity contribution in [3.8, 4) is 0 Å². The van der Waals surface area contributed by atoms with Crippen LogP contribution in [-0.2, 0) is 14.4 Å². The number of amides is 3. The summed E-state index contributed by atoms with van der Waals surface area (Å²) in [6.07, 6.45) is 0. The van der Waals surface area contributed by atoms with Crippen molar-refractivity contribution < 1.29 is 23.2 Å². The Morgan fingerprint density at radius 1 is 1.07 bits per heavy atom. The summed E-state index contributed by atoms with van der Waals surface area (Å²) in [6, 6.07) is 8.87. The summed E-state index contributed by atoms with van der Waals surface area (Å²) < 4.78 is 26.9. The van der Waals surface area contributed by atoms with Crippen LogP contribution in [0.2, 0.25) is 0 Å².